The van der Waals surface area contributed by atoms with Crippen molar-refractivity contribution in [1.82, 2.24) is 0 Å². The zero-order chi connectivity index (χ0) is 70.9. The highest BCUT2D eigenvalue weighted by molar-refractivity contribution is 6.08. The van der Waals surface area contributed by atoms with E-state index in [-0.39, 0.29) is 141 Å². The van der Waals surface area contributed by atoms with E-state index in [1.54, 1.807) is 0 Å². The van der Waals surface area contributed by atoms with Gasteiger partial charge in [0.1, 0.15) is 67.6 Å². The maximum Gasteiger partial charge on any atom is 0.340 e. The molecule has 4 aliphatic rings. The lowest BCUT2D eigenvalue weighted by Gasteiger charge is -2.28. The lowest BCUT2D eigenvalue weighted by atomic mass is 9.99. The van der Waals surface area contributed by atoms with Crippen LogP contribution in [0.3, 0.4) is 0 Å². The van der Waals surface area contributed by atoms with Gasteiger partial charge in [-0.2, -0.15) is 0 Å². The number of phenolic OH excluding ortho intramolecular Hbond substituents is 4. The normalized spacial score (nSPS) is 19.7. The van der Waals surface area contributed by atoms with Crippen molar-refractivity contribution in [2.75, 3.05) is 21.3 Å². The van der Waals surface area contributed by atoms with Crippen LogP contribution < -0.4 is 21.7 Å². The molecule has 19 N–H and O–H groups in total. The van der Waals surface area contributed by atoms with Crippen LogP contribution in [-0.2, 0) is 71.1 Å². The van der Waals surface area contributed by atoms with Gasteiger partial charge in [-0.05, 0) is 27.7 Å². The van der Waals surface area contributed by atoms with E-state index >= 15 is 0 Å². The Morgan fingerprint density at radius 1 is 0.330 bits per heavy atom. The predicted molar refractivity (Wildman–Crippen MR) is 312 cm³/mol. The third-order valence-electron chi connectivity index (χ3n) is 14.2. The van der Waals surface area contributed by atoms with Crippen molar-refractivity contribution in [1.29, 1.82) is 0 Å². The molecule has 4 aromatic carbocycles. The number of rotatable bonds is 4. The van der Waals surface area contributed by atoms with E-state index in [1.165, 1.54) is 27.7 Å². The molecule has 0 saturated heterocycles. The fourth-order valence-corrected chi connectivity index (χ4v) is 9.94. The summed E-state index contributed by atoms with van der Waals surface area (Å²) in [7, 11) is 3.00. The van der Waals surface area contributed by atoms with Crippen LogP contribution in [-0.4, -0.2) is 165 Å². The Morgan fingerprint density at radius 2 is 0.489 bits per heavy atom. The minimum Gasteiger partial charge on any atom is -0.504 e. The van der Waals surface area contributed by atoms with Gasteiger partial charge in [0.2, 0.25) is 0 Å². The van der Waals surface area contributed by atoms with Gasteiger partial charge in [-0.1, -0.05) is 0 Å². The fourth-order valence-electron chi connectivity index (χ4n) is 9.94. The topological polar surface area (TPSA) is 610 Å². The molecule has 0 fully saturated rings. The highest BCUT2D eigenvalue weighted by Gasteiger charge is 2.39. The van der Waals surface area contributed by atoms with Crippen molar-refractivity contribution < 1.29 is 153 Å². The van der Waals surface area contributed by atoms with Crippen molar-refractivity contribution in [3.8, 4) is 46.0 Å². The number of ether oxygens (including phenoxy) is 4. The average molecular weight is 1330 g/mol. The molecule has 12 rings (SSSR count). The summed E-state index contributed by atoms with van der Waals surface area (Å²) in [6.07, 6.45) is -0.399. The molecule has 8 aromatic rings. The first-order chi connectivity index (χ1) is 43.8. The predicted octanol–water partition coefficient (Wildman–Crippen LogP) is 1.56. The number of aromatic hydroxyl groups is 8. The smallest absolute Gasteiger partial charge is 0.340 e. The van der Waals surface area contributed by atoms with E-state index in [0.29, 0.717) is 0 Å². The second kappa shape index (κ2) is 27.4. The zero-order valence-electron chi connectivity index (χ0n) is 50.0. The maximum atomic E-state index is 12.5. The zero-order valence-corrected chi connectivity index (χ0v) is 50.0. The summed E-state index contributed by atoms with van der Waals surface area (Å²) in [6.45, 7) is 4.60. The Labute approximate surface area is 522 Å². The molecule has 0 unspecified atom stereocenters. The van der Waals surface area contributed by atoms with Crippen LogP contribution in [0.15, 0.2) is 61.1 Å². The molecule has 35 nitrogen and oxygen atoms in total. The van der Waals surface area contributed by atoms with Crippen LogP contribution in [0.5, 0.6) is 46.0 Å². The average Bonchev–Trinajstić information content (AvgIpc) is 0.771. The van der Waals surface area contributed by atoms with Gasteiger partial charge in [-0.15, -0.1) is 0 Å². The molecule has 0 spiro atoms. The molecule has 0 aliphatic carbocycles. The van der Waals surface area contributed by atoms with E-state index in [4.69, 9.17) is 51.9 Å². The summed E-state index contributed by atoms with van der Waals surface area (Å²) >= 11 is 0. The summed E-state index contributed by atoms with van der Waals surface area (Å²) in [5.41, 5.74) is -6.10. The highest BCUT2D eigenvalue weighted by atomic mass is 16.6. The molecule has 0 bridgehead atoms. The van der Waals surface area contributed by atoms with Crippen molar-refractivity contribution in [2.24, 2.45) is 0 Å². The first-order valence-corrected chi connectivity index (χ1v) is 26.7. The summed E-state index contributed by atoms with van der Waals surface area (Å²) < 4.78 is 42.3. The quantitative estimate of drug-likeness (QED) is 0.111. The monoisotopic (exact) mass is 1330 g/mol. The van der Waals surface area contributed by atoms with Gasteiger partial charge in [0.25, 0.3) is 0 Å². The molecule has 8 heterocycles. The van der Waals surface area contributed by atoms with Crippen molar-refractivity contribution >= 4 is 67.8 Å². The number of fused-ring (bicyclic) bond motifs is 8. The summed E-state index contributed by atoms with van der Waals surface area (Å²) in [4.78, 5) is 95.1. The van der Waals surface area contributed by atoms with Gasteiger partial charge in [0.05, 0.1) is 95.9 Å². The Morgan fingerprint density at radius 3 is 0.638 bits per heavy atom. The number of aromatic carboxylic acids is 4. The Kier molecular flexibility index (Phi) is 21.2. The lowest BCUT2D eigenvalue weighted by Crippen LogP contribution is -2.37. The van der Waals surface area contributed by atoms with E-state index in [2.05, 4.69) is 0 Å². The second-order valence-electron chi connectivity index (χ2n) is 21.1. The van der Waals surface area contributed by atoms with E-state index in [1.807, 2.05) is 0 Å². The van der Waals surface area contributed by atoms with Crippen molar-refractivity contribution in [3.05, 3.63) is 133 Å². The summed E-state index contributed by atoms with van der Waals surface area (Å²) in [5, 5.41) is 173. The highest BCUT2D eigenvalue weighted by Crippen LogP contribution is 2.41. The van der Waals surface area contributed by atoms with Gasteiger partial charge in [-0.3, -0.25) is 19.2 Å². The third-order valence-corrected chi connectivity index (χ3v) is 14.2. The van der Waals surface area contributed by atoms with Crippen LogP contribution in [0.1, 0.15) is 114 Å². The standard InChI is InChI=1S/4C14H12O8.3CH4O/c4*1-14(20)3-8-5(4-21-14)11(16)9-7(22-8)2-6(15)12(17)10(9)13(18)19;3*1-2/h4*2,15,17,20H,3-4H2,1H3,(H,18,19);3*2H,1H3/t4*14-;;;/m1000.../s1. The summed E-state index contributed by atoms with van der Waals surface area (Å²) in [5.74, 6) is -18.2. The summed E-state index contributed by atoms with van der Waals surface area (Å²) in [6, 6.07) is 3.85. The third kappa shape index (κ3) is 14.1. The first kappa shape index (κ1) is 72.6. The molecule has 0 amide bonds. The van der Waals surface area contributed by atoms with E-state index < -0.39 is 137 Å². The number of aliphatic hydroxyl groups is 7. The molecule has 4 aromatic heterocycles. The SMILES string of the molecule is CO.CO.CO.C[C@@]1(O)Cc2oc3cc(O)c(O)c(C(=O)O)c3c(=O)c2CO1.C[C@@]1(O)Cc2oc3cc(O)c(O)c(C(=O)O)c3c(=O)c2CO1.C[C@@]1(O)Cc2oc3cc(O)c(O)c(C(=O)O)c3c(=O)c2CO1.C[C@]1(O)Cc2oc3cc(O)c(O)c(C(=O)O)c3c(=O)c2CO1. The number of phenols is 8. The largest absolute Gasteiger partial charge is 0.504 e. The number of hydrogen-bond donors (Lipinski definition) is 19. The molecule has 0 radical (unpaired) electrons. The Hall–Kier alpha value is -10.4. The molecule has 4 aliphatic heterocycles. The number of benzene rings is 4. The Balaban J connectivity index is 0.000000193. The van der Waals surface area contributed by atoms with Crippen LogP contribution >= 0.6 is 0 Å². The molecule has 0 saturated carbocycles. The molecular weight excluding hydrogens is 1270 g/mol. The van der Waals surface area contributed by atoms with Crippen LogP contribution in [0.4, 0.5) is 0 Å². The van der Waals surface area contributed by atoms with Crippen LogP contribution in [0.2, 0.25) is 0 Å². The van der Waals surface area contributed by atoms with Crippen molar-refractivity contribution in [2.45, 2.75) is 103 Å². The molecule has 506 valence electrons. The molecule has 4 atom stereocenters. The molecule has 35 heteroatoms. The lowest BCUT2D eigenvalue weighted by molar-refractivity contribution is -0.207. The number of carbonyl (C=O) groups is 4. The van der Waals surface area contributed by atoms with E-state index in [0.717, 1.165) is 45.6 Å². The number of carboxylic acid groups (broad SMARTS) is 4. The second-order valence-corrected chi connectivity index (χ2v) is 21.1. The van der Waals surface area contributed by atoms with Gasteiger partial charge in [-0.25, -0.2) is 19.2 Å². The number of aliphatic hydroxyl groups excluding tert-OH is 3. The van der Waals surface area contributed by atoms with Gasteiger partial charge in [0, 0.05) is 45.6 Å². The fraction of sp³-hybridized carbons (Fsp3) is 0.322. The number of hydrogen-bond acceptors (Lipinski definition) is 31. The van der Waals surface area contributed by atoms with Crippen LogP contribution in [0, 0.1) is 0 Å². The van der Waals surface area contributed by atoms with Gasteiger partial charge in [0.15, 0.2) is 90.9 Å². The van der Waals surface area contributed by atoms with Gasteiger partial charge >= 0.3 is 23.9 Å². The first-order valence-electron chi connectivity index (χ1n) is 26.7. The molecular formula is C59H60O35. The minimum atomic E-state index is -1.57. The van der Waals surface area contributed by atoms with Crippen molar-refractivity contribution in [3.63, 3.8) is 0 Å². The number of carboxylic acids is 4. The van der Waals surface area contributed by atoms with Crippen LogP contribution in [0.25, 0.3) is 43.9 Å². The van der Waals surface area contributed by atoms with Gasteiger partial charge < -0.3 is 134 Å². The molecule has 94 heavy (non-hydrogen) atoms. The maximum absolute atomic E-state index is 12.5. The van der Waals surface area contributed by atoms with E-state index in [9.17, 15) is 120 Å². The Bertz CT molecular complexity index is 4030. The minimum absolute atomic E-state index is 0.0756.